The molecule has 20 heavy (non-hydrogen) atoms. The van der Waals surface area contributed by atoms with Gasteiger partial charge in [-0.3, -0.25) is 10.5 Å². The lowest BCUT2D eigenvalue weighted by molar-refractivity contribution is 0.242. The second-order valence-electron chi connectivity index (χ2n) is 5.18. The van der Waals surface area contributed by atoms with Gasteiger partial charge in [-0.2, -0.15) is 5.10 Å². The van der Waals surface area contributed by atoms with Gasteiger partial charge >= 0.3 is 0 Å². The molecule has 1 unspecified atom stereocenters. The monoisotopic (exact) mass is 274 g/mol. The molecule has 3 N–H and O–H groups in total. The first-order valence-corrected chi connectivity index (χ1v) is 6.74. The summed E-state index contributed by atoms with van der Waals surface area (Å²) in [6, 6.07) is 7.87. The number of hydrogen-bond donors (Lipinski definition) is 2. The van der Waals surface area contributed by atoms with Crippen molar-refractivity contribution in [3.63, 3.8) is 0 Å². The van der Waals surface area contributed by atoms with E-state index in [1.807, 2.05) is 58.3 Å². The molecule has 108 valence electrons. The minimum Gasteiger partial charge on any atom is -0.491 e. The minimum absolute atomic E-state index is 0.0978. The third kappa shape index (κ3) is 3.18. The summed E-state index contributed by atoms with van der Waals surface area (Å²) in [5.41, 5.74) is 5.95. The van der Waals surface area contributed by atoms with Crippen LogP contribution in [0.15, 0.2) is 30.5 Å². The van der Waals surface area contributed by atoms with Crippen molar-refractivity contribution >= 4 is 0 Å². The topological polar surface area (TPSA) is 65.1 Å². The van der Waals surface area contributed by atoms with Gasteiger partial charge < -0.3 is 4.74 Å². The summed E-state index contributed by atoms with van der Waals surface area (Å²) in [4.78, 5) is 0. The highest BCUT2D eigenvalue weighted by Crippen LogP contribution is 2.26. The summed E-state index contributed by atoms with van der Waals surface area (Å²) < 4.78 is 7.53. The molecular weight excluding hydrogens is 252 g/mol. The molecular formula is C15H22N4O. The Hall–Kier alpha value is -1.85. The Morgan fingerprint density at radius 1 is 1.35 bits per heavy atom. The van der Waals surface area contributed by atoms with Crippen LogP contribution in [0.4, 0.5) is 0 Å². The Labute approximate surface area is 119 Å². The van der Waals surface area contributed by atoms with E-state index in [0.717, 1.165) is 22.6 Å². The normalized spacial score (nSPS) is 12.7. The fourth-order valence-electron chi connectivity index (χ4n) is 2.31. The van der Waals surface area contributed by atoms with E-state index < -0.39 is 0 Å². The van der Waals surface area contributed by atoms with Crippen LogP contribution in [0.5, 0.6) is 5.75 Å². The molecule has 5 nitrogen and oxygen atoms in total. The maximum Gasteiger partial charge on any atom is 0.120 e. The first-order valence-electron chi connectivity index (χ1n) is 6.74. The summed E-state index contributed by atoms with van der Waals surface area (Å²) in [5, 5.41) is 4.37. The lowest BCUT2D eigenvalue weighted by Gasteiger charge is -2.17. The van der Waals surface area contributed by atoms with Crippen molar-refractivity contribution in [1.29, 1.82) is 0 Å². The van der Waals surface area contributed by atoms with Crippen LogP contribution in [-0.2, 0) is 7.05 Å². The van der Waals surface area contributed by atoms with Crippen molar-refractivity contribution in [3.05, 3.63) is 47.3 Å². The molecule has 0 bridgehead atoms. The highest BCUT2D eigenvalue weighted by atomic mass is 16.5. The van der Waals surface area contributed by atoms with E-state index in [2.05, 4.69) is 10.5 Å². The zero-order valence-corrected chi connectivity index (χ0v) is 12.4. The number of nitrogens with zero attached hydrogens (tertiary/aromatic N) is 2. The molecule has 2 aromatic rings. The van der Waals surface area contributed by atoms with E-state index in [1.54, 1.807) is 4.68 Å². The largest absolute Gasteiger partial charge is 0.491 e. The molecule has 0 fully saturated rings. The summed E-state index contributed by atoms with van der Waals surface area (Å²) in [7, 11) is 1.91. The Balaban J connectivity index is 2.34. The van der Waals surface area contributed by atoms with Crippen LogP contribution < -0.4 is 16.0 Å². The zero-order valence-electron chi connectivity index (χ0n) is 12.4. The van der Waals surface area contributed by atoms with Gasteiger partial charge in [0, 0.05) is 18.8 Å². The second kappa shape index (κ2) is 6.07. The minimum atomic E-state index is -0.0978. The lowest BCUT2D eigenvalue weighted by Crippen LogP contribution is -2.29. The summed E-state index contributed by atoms with van der Waals surface area (Å²) >= 11 is 0. The number of aromatic nitrogens is 2. The number of ether oxygens (including phenoxy) is 1. The van der Waals surface area contributed by atoms with Gasteiger partial charge in [-0.15, -0.1) is 0 Å². The third-order valence-electron chi connectivity index (χ3n) is 3.09. The van der Waals surface area contributed by atoms with Crippen molar-refractivity contribution in [1.82, 2.24) is 15.2 Å². The quantitative estimate of drug-likeness (QED) is 0.647. The summed E-state index contributed by atoms with van der Waals surface area (Å²) in [5.74, 6) is 6.59. The van der Waals surface area contributed by atoms with E-state index in [-0.39, 0.29) is 12.1 Å². The third-order valence-corrected chi connectivity index (χ3v) is 3.09. The maximum absolute atomic E-state index is 5.74. The van der Waals surface area contributed by atoms with E-state index in [1.165, 1.54) is 0 Å². The van der Waals surface area contributed by atoms with Gasteiger partial charge in [0.05, 0.1) is 17.8 Å². The molecule has 0 spiro atoms. The molecule has 0 amide bonds. The number of benzene rings is 1. The molecule has 1 atom stereocenters. The molecule has 0 radical (unpaired) electrons. The molecule has 1 aromatic carbocycles. The van der Waals surface area contributed by atoms with Crippen molar-refractivity contribution < 1.29 is 4.74 Å². The first-order chi connectivity index (χ1) is 9.51. The van der Waals surface area contributed by atoms with Crippen LogP contribution in [0, 0.1) is 6.92 Å². The SMILES string of the molecule is Cc1nn(C)cc1C(NN)c1cccc(OC(C)C)c1. The van der Waals surface area contributed by atoms with E-state index in [4.69, 9.17) is 10.6 Å². The predicted molar refractivity (Wildman–Crippen MR) is 79.3 cm³/mol. The fraction of sp³-hybridized carbons (Fsp3) is 0.400. The Morgan fingerprint density at radius 2 is 2.10 bits per heavy atom. The van der Waals surface area contributed by atoms with Gasteiger partial charge in [-0.05, 0) is 38.5 Å². The van der Waals surface area contributed by atoms with Crippen LogP contribution >= 0.6 is 0 Å². The maximum atomic E-state index is 5.74. The van der Waals surface area contributed by atoms with Crippen LogP contribution in [0.1, 0.15) is 36.7 Å². The van der Waals surface area contributed by atoms with Gasteiger partial charge in [0.2, 0.25) is 0 Å². The first kappa shape index (κ1) is 14.6. The Kier molecular flexibility index (Phi) is 4.42. The zero-order chi connectivity index (χ0) is 14.7. The number of rotatable bonds is 5. The van der Waals surface area contributed by atoms with Crippen molar-refractivity contribution in [2.75, 3.05) is 0 Å². The van der Waals surface area contributed by atoms with Crippen LogP contribution in [0.2, 0.25) is 0 Å². The molecule has 5 heteroatoms. The van der Waals surface area contributed by atoms with E-state index in [9.17, 15) is 0 Å². The van der Waals surface area contributed by atoms with Crippen LogP contribution in [0.3, 0.4) is 0 Å². The average Bonchev–Trinajstić information content (AvgIpc) is 2.69. The van der Waals surface area contributed by atoms with Crippen LogP contribution in [-0.4, -0.2) is 15.9 Å². The molecule has 0 saturated carbocycles. The van der Waals surface area contributed by atoms with Crippen molar-refractivity contribution in [2.45, 2.75) is 32.9 Å². The number of nitrogens with one attached hydrogen (secondary N) is 1. The van der Waals surface area contributed by atoms with Gasteiger partial charge in [-0.1, -0.05) is 12.1 Å². The number of aryl methyl sites for hydroxylation is 2. The van der Waals surface area contributed by atoms with Gasteiger partial charge in [0.15, 0.2) is 0 Å². The molecule has 2 rings (SSSR count). The number of hydrogen-bond acceptors (Lipinski definition) is 4. The lowest BCUT2D eigenvalue weighted by atomic mass is 10.00. The molecule has 1 aromatic heterocycles. The number of nitrogens with two attached hydrogens (primary N) is 1. The summed E-state index contributed by atoms with van der Waals surface area (Å²) in [6.07, 6.45) is 2.13. The number of hydrazine groups is 1. The Bertz CT molecular complexity index is 577. The van der Waals surface area contributed by atoms with Gasteiger partial charge in [0.25, 0.3) is 0 Å². The average molecular weight is 274 g/mol. The standard InChI is InChI=1S/C15H22N4O/c1-10(2)20-13-7-5-6-12(8-13)15(17-16)14-9-19(4)18-11(14)3/h5-10,15,17H,16H2,1-4H3. The highest BCUT2D eigenvalue weighted by molar-refractivity contribution is 5.37. The van der Waals surface area contributed by atoms with E-state index in [0.29, 0.717) is 0 Å². The van der Waals surface area contributed by atoms with Crippen molar-refractivity contribution in [2.24, 2.45) is 12.9 Å². The van der Waals surface area contributed by atoms with Gasteiger partial charge in [0.1, 0.15) is 5.75 Å². The summed E-state index contributed by atoms with van der Waals surface area (Å²) in [6.45, 7) is 6.00. The molecule has 1 heterocycles. The van der Waals surface area contributed by atoms with Crippen LogP contribution in [0.25, 0.3) is 0 Å². The molecule has 0 aliphatic rings. The van der Waals surface area contributed by atoms with Crippen molar-refractivity contribution in [3.8, 4) is 5.75 Å². The van der Waals surface area contributed by atoms with Gasteiger partial charge in [-0.25, -0.2) is 5.43 Å². The highest BCUT2D eigenvalue weighted by Gasteiger charge is 2.17. The second-order valence-corrected chi connectivity index (χ2v) is 5.18. The van der Waals surface area contributed by atoms with E-state index >= 15 is 0 Å². The molecule has 0 aliphatic carbocycles. The fourth-order valence-corrected chi connectivity index (χ4v) is 2.31. The smallest absolute Gasteiger partial charge is 0.120 e. The predicted octanol–water partition coefficient (Wildman–Crippen LogP) is 2.07. The Morgan fingerprint density at radius 3 is 2.65 bits per heavy atom. The molecule has 0 saturated heterocycles. The molecule has 0 aliphatic heterocycles.